The Labute approximate surface area is 49.3 Å². The minimum atomic E-state index is -4.45. The van der Waals surface area contributed by atoms with Crippen molar-refractivity contribution in [3.63, 3.8) is 0 Å². The number of hydrogen-bond donors (Lipinski definition) is 0. The summed E-state index contributed by atoms with van der Waals surface area (Å²) in [5.74, 6) is -1.21. The lowest BCUT2D eigenvalue weighted by molar-refractivity contribution is -0.0751. The molecule has 0 spiro atoms. The van der Waals surface area contributed by atoms with Crippen LogP contribution in [-0.2, 0) is 4.74 Å². The molecule has 0 fully saturated rings. The van der Waals surface area contributed by atoms with Gasteiger partial charge < -0.3 is 4.74 Å². The number of ether oxygens (including phenoxy) is 1. The van der Waals surface area contributed by atoms with Crippen molar-refractivity contribution >= 4 is 5.90 Å². The zero-order valence-corrected chi connectivity index (χ0v) is 4.20. The molecule has 0 saturated heterocycles. The van der Waals surface area contributed by atoms with Crippen LogP contribution < -0.4 is 0 Å². The summed E-state index contributed by atoms with van der Waals surface area (Å²) in [6.07, 6.45) is -4.45. The van der Waals surface area contributed by atoms with Gasteiger partial charge >= 0.3 is 6.18 Å². The smallest absolute Gasteiger partial charge is 0.468 e. The van der Waals surface area contributed by atoms with Crippen LogP contribution in [0.2, 0.25) is 0 Å². The standard InChI is InChI=1S/C4H2F3NO/c5-4(6,7)3-8-1-2-9-3/h2H2. The molecule has 0 aliphatic carbocycles. The topological polar surface area (TPSA) is 21.6 Å². The maximum Gasteiger partial charge on any atom is 0.468 e. The van der Waals surface area contributed by atoms with Crippen LogP contribution in [0.5, 0.6) is 0 Å². The minimum absolute atomic E-state index is 0.200. The number of rotatable bonds is 0. The Morgan fingerprint density at radius 1 is 1.56 bits per heavy atom. The summed E-state index contributed by atoms with van der Waals surface area (Å²) in [5.41, 5.74) is 0. The molecule has 0 atom stereocenters. The zero-order valence-electron chi connectivity index (χ0n) is 4.20. The van der Waals surface area contributed by atoms with Crippen molar-refractivity contribution in [3.8, 4) is 0 Å². The van der Waals surface area contributed by atoms with Crippen molar-refractivity contribution in [1.82, 2.24) is 0 Å². The molecule has 1 aliphatic heterocycles. The monoisotopic (exact) mass is 137 g/mol. The van der Waals surface area contributed by atoms with Crippen molar-refractivity contribution in [2.24, 2.45) is 4.99 Å². The van der Waals surface area contributed by atoms with Gasteiger partial charge in [-0.15, -0.1) is 0 Å². The molecule has 0 aromatic carbocycles. The van der Waals surface area contributed by atoms with Crippen molar-refractivity contribution < 1.29 is 17.9 Å². The molecule has 0 N–H and O–H groups in total. The van der Waals surface area contributed by atoms with Gasteiger partial charge in [0.1, 0.15) is 6.61 Å². The summed E-state index contributed by atoms with van der Waals surface area (Å²) in [7, 11) is 0. The number of hydrogen-bond acceptors (Lipinski definition) is 2. The predicted octanol–water partition coefficient (Wildman–Crippen LogP) is 1.02. The van der Waals surface area contributed by atoms with E-state index >= 15 is 0 Å². The van der Waals surface area contributed by atoms with Gasteiger partial charge in [0.2, 0.25) is 0 Å². The van der Waals surface area contributed by atoms with Gasteiger partial charge in [-0.05, 0) is 0 Å². The van der Waals surface area contributed by atoms with Crippen LogP contribution in [0.3, 0.4) is 0 Å². The van der Waals surface area contributed by atoms with E-state index in [1.165, 1.54) is 0 Å². The Kier molecular flexibility index (Phi) is 1.34. The van der Waals surface area contributed by atoms with Gasteiger partial charge in [-0.2, -0.15) is 13.2 Å². The van der Waals surface area contributed by atoms with Crippen LogP contribution in [0.15, 0.2) is 4.99 Å². The number of nitrogens with zero attached hydrogens (tertiary/aromatic N) is 1. The molecule has 1 rings (SSSR count). The lowest BCUT2D eigenvalue weighted by Crippen LogP contribution is -2.22. The highest BCUT2D eigenvalue weighted by atomic mass is 19.4. The van der Waals surface area contributed by atoms with Gasteiger partial charge in [-0.1, -0.05) is 0 Å². The first-order chi connectivity index (χ1) is 4.11. The second-order valence-corrected chi connectivity index (χ2v) is 1.36. The second kappa shape index (κ2) is 1.89. The first kappa shape index (κ1) is 6.38. The van der Waals surface area contributed by atoms with Crippen LogP contribution >= 0.6 is 0 Å². The van der Waals surface area contributed by atoms with Crippen LogP contribution in [0.4, 0.5) is 13.2 Å². The number of alkyl halides is 3. The molecular formula is C4H2F3NO. The van der Waals surface area contributed by atoms with Crippen molar-refractivity contribution in [3.05, 3.63) is 6.54 Å². The van der Waals surface area contributed by atoms with E-state index in [2.05, 4.69) is 9.73 Å². The van der Waals surface area contributed by atoms with E-state index in [1.807, 2.05) is 6.54 Å². The first-order valence-electron chi connectivity index (χ1n) is 2.11. The summed E-state index contributed by atoms with van der Waals surface area (Å²) in [6.45, 7) is 1.83. The molecule has 1 aliphatic rings. The van der Waals surface area contributed by atoms with Crippen molar-refractivity contribution in [2.75, 3.05) is 6.61 Å². The van der Waals surface area contributed by atoms with Crippen molar-refractivity contribution in [2.45, 2.75) is 6.18 Å². The number of aliphatic imine (C=N–C) groups is 1. The Bertz CT molecular complexity index is 139. The third kappa shape index (κ3) is 1.34. The number of halogens is 3. The third-order valence-corrected chi connectivity index (χ3v) is 0.697. The fraction of sp³-hybridized carbons (Fsp3) is 0.500. The third-order valence-electron chi connectivity index (χ3n) is 0.697. The van der Waals surface area contributed by atoms with Crippen LogP contribution in [0.25, 0.3) is 0 Å². The SMILES string of the molecule is FC(F)(F)C1=N[C]CO1. The molecule has 0 amide bonds. The molecule has 5 heteroatoms. The van der Waals surface area contributed by atoms with Gasteiger partial charge in [0.05, 0.1) is 0 Å². The van der Waals surface area contributed by atoms with E-state index in [0.29, 0.717) is 0 Å². The summed E-state index contributed by atoms with van der Waals surface area (Å²) in [4.78, 5) is 2.83. The molecule has 0 unspecified atom stereocenters. The van der Waals surface area contributed by atoms with Gasteiger partial charge in [0, 0.05) is 0 Å². The van der Waals surface area contributed by atoms with E-state index in [0.717, 1.165) is 0 Å². The summed E-state index contributed by atoms with van der Waals surface area (Å²) in [6, 6.07) is 0. The zero-order chi connectivity index (χ0) is 6.91. The molecule has 0 saturated carbocycles. The Balaban J connectivity index is 2.61. The second-order valence-electron chi connectivity index (χ2n) is 1.36. The van der Waals surface area contributed by atoms with E-state index in [1.54, 1.807) is 0 Å². The van der Waals surface area contributed by atoms with E-state index in [-0.39, 0.29) is 6.61 Å². The lowest BCUT2D eigenvalue weighted by atomic mass is 10.6. The fourth-order valence-electron chi connectivity index (χ4n) is 0.382. The van der Waals surface area contributed by atoms with E-state index < -0.39 is 12.1 Å². The van der Waals surface area contributed by atoms with Crippen LogP contribution in [0.1, 0.15) is 0 Å². The minimum Gasteiger partial charge on any atom is -0.472 e. The average molecular weight is 137 g/mol. The normalized spacial score (nSPS) is 19.2. The molecule has 2 nitrogen and oxygen atoms in total. The van der Waals surface area contributed by atoms with Gasteiger partial charge in [-0.3, -0.25) is 0 Å². The highest BCUT2D eigenvalue weighted by Crippen LogP contribution is 2.20. The fourth-order valence-corrected chi connectivity index (χ4v) is 0.382. The molecule has 2 radical (unpaired) electrons. The quantitative estimate of drug-likeness (QED) is 0.488. The largest absolute Gasteiger partial charge is 0.472 e. The maximum absolute atomic E-state index is 11.5. The molecule has 0 aromatic rings. The molecule has 0 bridgehead atoms. The van der Waals surface area contributed by atoms with Crippen molar-refractivity contribution in [1.29, 1.82) is 0 Å². The molecular weight excluding hydrogens is 135 g/mol. The molecule has 0 aromatic heterocycles. The summed E-state index contributed by atoms with van der Waals surface area (Å²) in [5, 5.41) is 0. The van der Waals surface area contributed by atoms with Gasteiger partial charge in [0.15, 0.2) is 6.54 Å². The van der Waals surface area contributed by atoms with Crippen LogP contribution in [0, 0.1) is 6.54 Å². The van der Waals surface area contributed by atoms with E-state index in [4.69, 9.17) is 0 Å². The Morgan fingerprint density at radius 2 is 2.22 bits per heavy atom. The van der Waals surface area contributed by atoms with Crippen LogP contribution in [-0.4, -0.2) is 18.7 Å². The average Bonchev–Trinajstić information content (AvgIpc) is 2.08. The lowest BCUT2D eigenvalue weighted by Gasteiger charge is -2.03. The molecule has 1 heterocycles. The predicted molar refractivity (Wildman–Crippen MR) is 22.7 cm³/mol. The first-order valence-corrected chi connectivity index (χ1v) is 2.11. The summed E-state index contributed by atoms with van der Waals surface area (Å²) < 4.78 is 38.4. The highest BCUT2D eigenvalue weighted by molar-refractivity contribution is 5.83. The Hall–Kier alpha value is -0.740. The van der Waals surface area contributed by atoms with Gasteiger partial charge in [0.25, 0.3) is 5.90 Å². The van der Waals surface area contributed by atoms with Gasteiger partial charge in [-0.25, -0.2) is 4.99 Å². The summed E-state index contributed by atoms with van der Waals surface area (Å²) >= 11 is 0. The Morgan fingerprint density at radius 3 is 2.44 bits per heavy atom. The molecule has 9 heavy (non-hydrogen) atoms. The maximum atomic E-state index is 11.5. The van der Waals surface area contributed by atoms with E-state index in [9.17, 15) is 13.2 Å². The molecule has 50 valence electrons. The highest BCUT2D eigenvalue weighted by Gasteiger charge is 2.39.